The second-order valence-corrected chi connectivity index (χ2v) is 8.79. The third-order valence-electron chi connectivity index (χ3n) is 4.18. The van der Waals surface area contributed by atoms with Crippen molar-refractivity contribution in [3.63, 3.8) is 0 Å². The van der Waals surface area contributed by atoms with Gasteiger partial charge < -0.3 is 9.50 Å². The molecule has 1 heterocycles. The summed E-state index contributed by atoms with van der Waals surface area (Å²) in [6, 6.07) is 13.9. The molecule has 0 spiro atoms. The number of carbonyl (C=O) groups excluding carboxylic acids is 1. The van der Waals surface area contributed by atoms with Crippen molar-refractivity contribution in [3.8, 4) is 11.4 Å². The zero-order chi connectivity index (χ0) is 21.9. The van der Waals surface area contributed by atoms with E-state index < -0.39 is 6.03 Å². The van der Waals surface area contributed by atoms with Gasteiger partial charge in [-0.25, -0.2) is 9.48 Å². The zero-order valence-corrected chi connectivity index (χ0v) is 19.3. The normalized spacial score (nSPS) is 11.3. The summed E-state index contributed by atoms with van der Waals surface area (Å²) in [5.41, 5.74) is 1.84. The summed E-state index contributed by atoms with van der Waals surface area (Å²) in [6.45, 7) is 6.18. The highest BCUT2D eigenvalue weighted by Gasteiger charge is 2.22. The van der Waals surface area contributed by atoms with Crippen molar-refractivity contribution in [3.05, 3.63) is 64.3 Å². The molecule has 0 atom stereocenters. The number of amides is 2. The Kier molecular flexibility index (Phi) is 6.85. The average Bonchev–Trinajstić information content (AvgIpc) is 3.10. The lowest BCUT2D eigenvalue weighted by Crippen LogP contribution is -2.21. The fraction of sp³-hybridized carbons (Fsp3) is 0.238. The first-order valence-corrected chi connectivity index (χ1v) is 11.0. The van der Waals surface area contributed by atoms with Crippen LogP contribution in [-0.2, 0) is 5.41 Å². The van der Waals surface area contributed by atoms with Gasteiger partial charge >= 0.3 is 6.03 Å². The minimum absolute atomic E-state index is 0.198. The van der Waals surface area contributed by atoms with E-state index in [1.54, 1.807) is 22.9 Å². The SMILES string of the molecule is CSOc1ccc(-n2nc(C(C)(C)C)cc2NC(=O)Nc2cccc(Cl)c2Cl)cc1. The van der Waals surface area contributed by atoms with Gasteiger partial charge in [-0.3, -0.25) is 5.32 Å². The number of hydrogen-bond acceptors (Lipinski definition) is 4. The maximum atomic E-state index is 12.6. The molecular formula is C21H22Cl2N4O2S. The highest BCUT2D eigenvalue weighted by molar-refractivity contribution is 7.94. The van der Waals surface area contributed by atoms with E-state index in [0.717, 1.165) is 17.1 Å². The maximum Gasteiger partial charge on any atom is 0.324 e. The van der Waals surface area contributed by atoms with Crippen molar-refractivity contribution in [1.82, 2.24) is 9.78 Å². The van der Waals surface area contributed by atoms with E-state index in [1.165, 1.54) is 12.0 Å². The Morgan fingerprint density at radius 3 is 2.43 bits per heavy atom. The quantitative estimate of drug-likeness (QED) is 0.408. The molecule has 6 nitrogen and oxygen atoms in total. The van der Waals surface area contributed by atoms with Crippen molar-refractivity contribution in [2.45, 2.75) is 26.2 Å². The Bertz CT molecular complexity index is 1050. The fourth-order valence-corrected chi connectivity index (χ4v) is 3.29. The van der Waals surface area contributed by atoms with Gasteiger partial charge in [0.2, 0.25) is 0 Å². The summed E-state index contributed by atoms with van der Waals surface area (Å²) in [6.07, 6.45) is 1.85. The lowest BCUT2D eigenvalue weighted by Gasteiger charge is -2.14. The molecule has 30 heavy (non-hydrogen) atoms. The van der Waals surface area contributed by atoms with E-state index in [-0.39, 0.29) is 10.4 Å². The van der Waals surface area contributed by atoms with Gasteiger partial charge in [-0.2, -0.15) is 5.10 Å². The number of nitrogens with zero attached hydrogens (tertiary/aromatic N) is 2. The number of urea groups is 1. The summed E-state index contributed by atoms with van der Waals surface area (Å²) >= 11 is 13.5. The number of halogens is 2. The Balaban J connectivity index is 1.90. The number of rotatable bonds is 5. The van der Waals surface area contributed by atoms with Gasteiger partial charge in [-0.1, -0.05) is 50.0 Å². The van der Waals surface area contributed by atoms with Crippen LogP contribution in [0.5, 0.6) is 5.75 Å². The predicted octanol–water partition coefficient (Wildman–Crippen LogP) is 6.78. The molecule has 158 valence electrons. The van der Waals surface area contributed by atoms with Crippen LogP contribution in [0.4, 0.5) is 16.3 Å². The summed E-state index contributed by atoms with van der Waals surface area (Å²) in [4.78, 5) is 12.6. The molecule has 0 aliphatic rings. The standard InChI is InChI=1S/C21H22Cl2N4O2S/c1-21(2,3)17-12-18(25-20(28)24-16-7-5-6-15(22)19(16)23)27(26-17)13-8-10-14(11-9-13)29-30-4/h5-12H,1-4H3,(H2,24,25,28). The number of hydrogen-bond donors (Lipinski definition) is 2. The van der Waals surface area contributed by atoms with Crippen LogP contribution in [-0.4, -0.2) is 22.1 Å². The molecule has 2 amide bonds. The van der Waals surface area contributed by atoms with E-state index in [1.807, 2.05) is 36.6 Å². The number of carbonyl (C=O) groups is 1. The molecule has 1 aromatic heterocycles. The van der Waals surface area contributed by atoms with Crippen LogP contribution < -0.4 is 14.8 Å². The fourth-order valence-electron chi connectivity index (χ4n) is 2.64. The Labute approximate surface area is 190 Å². The molecule has 3 aromatic rings. The Morgan fingerprint density at radius 2 is 1.80 bits per heavy atom. The molecule has 2 aromatic carbocycles. The van der Waals surface area contributed by atoms with E-state index in [4.69, 9.17) is 32.5 Å². The van der Waals surface area contributed by atoms with Gasteiger partial charge in [0.25, 0.3) is 0 Å². The summed E-state index contributed by atoms with van der Waals surface area (Å²) < 4.78 is 7.11. The maximum absolute atomic E-state index is 12.6. The van der Waals surface area contributed by atoms with Crippen LogP contribution in [0.15, 0.2) is 48.5 Å². The van der Waals surface area contributed by atoms with Gasteiger partial charge in [-0.05, 0) is 36.4 Å². The van der Waals surface area contributed by atoms with E-state index >= 15 is 0 Å². The molecule has 0 unspecified atom stereocenters. The van der Waals surface area contributed by atoms with Gasteiger partial charge in [0.15, 0.2) is 0 Å². The van der Waals surface area contributed by atoms with Crippen molar-refractivity contribution >= 4 is 52.8 Å². The van der Waals surface area contributed by atoms with Gasteiger partial charge in [0, 0.05) is 17.7 Å². The van der Waals surface area contributed by atoms with Crippen molar-refractivity contribution in [2.24, 2.45) is 0 Å². The molecule has 0 aliphatic heterocycles. The first-order valence-electron chi connectivity index (χ1n) is 9.12. The molecule has 0 aliphatic carbocycles. The molecule has 0 saturated heterocycles. The van der Waals surface area contributed by atoms with E-state index in [2.05, 4.69) is 31.4 Å². The first kappa shape index (κ1) is 22.3. The highest BCUT2D eigenvalue weighted by atomic mass is 35.5. The predicted molar refractivity (Wildman–Crippen MR) is 126 cm³/mol. The van der Waals surface area contributed by atoms with Crippen molar-refractivity contribution in [1.29, 1.82) is 0 Å². The van der Waals surface area contributed by atoms with Gasteiger partial charge in [0.05, 0.1) is 39.2 Å². The summed E-state index contributed by atoms with van der Waals surface area (Å²) in [5, 5.41) is 10.9. The lowest BCUT2D eigenvalue weighted by atomic mass is 9.92. The largest absolute Gasteiger partial charge is 0.426 e. The highest BCUT2D eigenvalue weighted by Crippen LogP contribution is 2.30. The van der Waals surface area contributed by atoms with Crippen LogP contribution >= 0.6 is 35.2 Å². The smallest absolute Gasteiger partial charge is 0.324 e. The van der Waals surface area contributed by atoms with Crippen molar-refractivity contribution < 1.29 is 8.98 Å². The van der Waals surface area contributed by atoms with Crippen LogP contribution in [0.3, 0.4) is 0 Å². The molecule has 3 rings (SSSR count). The topological polar surface area (TPSA) is 68.2 Å². The van der Waals surface area contributed by atoms with Crippen LogP contribution in [0.2, 0.25) is 10.0 Å². The molecule has 9 heteroatoms. The second kappa shape index (κ2) is 9.20. The van der Waals surface area contributed by atoms with Crippen LogP contribution in [0, 0.1) is 0 Å². The second-order valence-electron chi connectivity index (χ2n) is 7.50. The Hall–Kier alpha value is -2.35. The molecule has 0 bridgehead atoms. The van der Waals surface area contributed by atoms with E-state index in [9.17, 15) is 4.79 Å². The van der Waals surface area contributed by atoms with Crippen LogP contribution in [0.25, 0.3) is 5.69 Å². The first-order chi connectivity index (χ1) is 14.2. The van der Waals surface area contributed by atoms with E-state index in [0.29, 0.717) is 16.5 Å². The minimum Gasteiger partial charge on any atom is -0.426 e. The average molecular weight is 465 g/mol. The summed E-state index contributed by atoms with van der Waals surface area (Å²) in [7, 11) is 0. The van der Waals surface area contributed by atoms with Gasteiger partial charge in [0.1, 0.15) is 11.6 Å². The number of nitrogens with one attached hydrogen (secondary N) is 2. The van der Waals surface area contributed by atoms with Crippen LogP contribution in [0.1, 0.15) is 26.5 Å². The Morgan fingerprint density at radius 1 is 1.10 bits per heavy atom. The zero-order valence-electron chi connectivity index (χ0n) is 17.0. The van der Waals surface area contributed by atoms with Gasteiger partial charge in [-0.15, -0.1) is 0 Å². The minimum atomic E-state index is -0.455. The molecular weight excluding hydrogens is 443 g/mol. The molecule has 0 radical (unpaired) electrons. The molecule has 0 saturated carbocycles. The monoisotopic (exact) mass is 464 g/mol. The number of anilines is 2. The molecule has 0 fully saturated rings. The summed E-state index contributed by atoms with van der Waals surface area (Å²) in [5.74, 6) is 1.26. The molecule has 2 N–H and O–H groups in total. The third-order valence-corrected chi connectivity index (χ3v) is 5.36. The third kappa shape index (κ3) is 5.22. The lowest BCUT2D eigenvalue weighted by molar-refractivity contribution is 0.262. The number of benzene rings is 2. The number of aromatic nitrogens is 2. The van der Waals surface area contributed by atoms with Crippen molar-refractivity contribution in [2.75, 3.05) is 16.9 Å².